The molecule has 0 spiro atoms. The molecule has 0 aromatic heterocycles. The second-order valence-electron chi connectivity index (χ2n) is 14.4. The van der Waals surface area contributed by atoms with Crippen LogP contribution in [-0.4, -0.2) is 45.5 Å². The van der Waals surface area contributed by atoms with E-state index in [1.54, 1.807) is 0 Å². The summed E-state index contributed by atoms with van der Waals surface area (Å²) in [6.07, 6.45) is 16.3. The van der Waals surface area contributed by atoms with Gasteiger partial charge in [-0.05, 0) is 119 Å². The minimum atomic E-state index is 0.0864. The fraction of sp³-hybridized carbons (Fsp3) is 1.00. The van der Waals surface area contributed by atoms with Gasteiger partial charge in [-0.1, -0.05) is 46.0 Å². The third-order valence-corrected chi connectivity index (χ3v) is 8.77. The Hall–Kier alpha value is -0.160. The van der Waals surface area contributed by atoms with Gasteiger partial charge < -0.3 is 0 Å². The molecule has 0 aromatic rings. The second-order valence-corrected chi connectivity index (χ2v) is 14.4. The highest BCUT2D eigenvalue weighted by molar-refractivity contribution is 4.95. The van der Waals surface area contributed by atoms with Gasteiger partial charge >= 0.3 is 0 Å². The van der Waals surface area contributed by atoms with Crippen molar-refractivity contribution in [2.24, 2.45) is 11.8 Å². The Labute approximate surface area is 219 Å². The zero-order valence-electron chi connectivity index (χ0n) is 25.5. The average molecular weight is 495 g/mol. The SMILES string of the molecule is CCCCON1C(C)(C)CCC(CCCC2CCC(C)(C)N(OCCCC)C(C)(C)C2)CC1(C)C. The highest BCUT2D eigenvalue weighted by atomic mass is 16.7. The van der Waals surface area contributed by atoms with E-state index in [1.165, 1.54) is 70.6 Å². The molecule has 0 bridgehead atoms. The maximum Gasteiger partial charge on any atom is 0.0685 e. The van der Waals surface area contributed by atoms with E-state index < -0.39 is 0 Å². The average Bonchev–Trinajstić information content (AvgIpc) is 2.88. The Morgan fingerprint density at radius 2 is 0.943 bits per heavy atom. The van der Waals surface area contributed by atoms with Crippen molar-refractivity contribution in [3.63, 3.8) is 0 Å². The van der Waals surface area contributed by atoms with Crippen molar-refractivity contribution in [3.05, 3.63) is 0 Å². The van der Waals surface area contributed by atoms with Gasteiger partial charge in [-0.3, -0.25) is 9.68 Å². The first kappa shape index (κ1) is 31.1. The molecule has 0 radical (unpaired) electrons. The van der Waals surface area contributed by atoms with Crippen LogP contribution in [0.5, 0.6) is 0 Å². The number of hydroxylamine groups is 4. The molecule has 0 aliphatic carbocycles. The Morgan fingerprint density at radius 1 is 0.571 bits per heavy atom. The van der Waals surface area contributed by atoms with Crippen molar-refractivity contribution in [1.82, 2.24) is 10.1 Å². The van der Waals surface area contributed by atoms with Crippen LogP contribution in [0.15, 0.2) is 0 Å². The zero-order chi connectivity index (χ0) is 26.3. The Bertz CT molecular complexity index is 561. The predicted octanol–water partition coefficient (Wildman–Crippen LogP) is 8.94. The normalized spacial score (nSPS) is 29.0. The Balaban J connectivity index is 1.94. The number of hydrogen-bond acceptors (Lipinski definition) is 4. The van der Waals surface area contributed by atoms with E-state index in [0.717, 1.165) is 37.9 Å². The van der Waals surface area contributed by atoms with Crippen LogP contribution in [0.4, 0.5) is 0 Å². The van der Waals surface area contributed by atoms with Crippen molar-refractivity contribution in [1.29, 1.82) is 0 Å². The van der Waals surface area contributed by atoms with Crippen LogP contribution in [0.3, 0.4) is 0 Å². The van der Waals surface area contributed by atoms with Crippen LogP contribution in [0, 0.1) is 11.8 Å². The fourth-order valence-electron chi connectivity index (χ4n) is 7.23. The third-order valence-electron chi connectivity index (χ3n) is 8.77. The minimum absolute atomic E-state index is 0.0864. The monoisotopic (exact) mass is 494 g/mol. The van der Waals surface area contributed by atoms with Crippen LogP contribution in [0.1, 0.15) is 153 Å². The highest BCUT2D eigenvalue weighted by Crippen LogP contribution is 2.43. The summed E-state index contributed by atoms with van der Waals surface area (Å²) in [5.74, 6) is 1.60. The summed E-state index contributed by atoms with van der Waals surface area (Å²) in [6.45, 7) is 25.3. The molecule has 2 heterocycles. The molecule has 35 heavy (non-hydrogen) atoms. The fourth-order valence-corrected chi connectivity index (χ4v) is 7.23. The van der Waals surface area contributed by atoms with Crippen LogP contribution >= 0.6 is 0 Å². The quantitative estimate of drug-likeness (QED) is 0.253. The minimum Gasteiger partial charge on any atom is -0.298 e. The molecular formula is C31H62N2O2. The molecular weight excluding hydrogens is 432 g/mol. The molecule has 2 rings (SSSR count). The smallest absolute Gasteiger partial charge is 0.0685 e. The summed E-state index contributed by atoms with van der Waals surface area (Å²) in [7, 11) is 0. The van der Waals surface area contributed by atoms with E-state index in [4.69, 9.17) is 9.68 Å². The maximum atomic E-state index is 6.40. The summed E-state index contributed by atoms with van der Waals surface area (Å²) in [5, 5.41) is 4.75. The number of unbranched alkanes of at least 4 members (excludes halogenated alkanes) is 2. The van der Waals surface area contributed by atoms with E-state index in [-0.39, 0.29) is 22.2 Å². The molecule has 208 valence electrons. The van der Waals surface area contributed by atoms with E-state index in [1.807, 2.05) is 0 Å². The highest BCUT2D eigenvalue weighted by Gasteiger charge is 2.45. The van der Waals surface area contributed by atoms with Crippen molar-refractivity contribution in [2.45, 2.75) is 175 Å². The van der Waals surface area contributed by atoms with Gasteiger partial charge in [-0.25, -0.2) is 0 Å². The number of rotatable bonds is 12. The molecule has 0 N–H and O–H groups in total. The molecule has 2 atom stereocenters. The molecule has 2 aliphatic heterocycles. The van der Waals surface area contributed by atoms with Gasteiger partial charge in [0, 0.05) is 22.2 Å². The standard InChI is InChI=1S/C31H62N2O2/c1-11-13-22-34-32-28(3,4)20-18-26(24-30(32,7)8)16-15-17-27-19-21-29(5,6)33(31(9,10)25-27)35-23-14-12-2/h26-27H,11-25H2,1-10H3. The molecule has 2 fully saturated rings. The Kier molecular flexibility index (Phi) is 11.6. The maximum absolute atomic E-state index is 6.40. The van der Waals surface area contributed by atoms with E-state index in [9.17, 15) is 0 Å². The summed E-state index contributed by atoms with van der Waals surface area (Å²) in [5.41, 5.74) is 0.375. The first-order valence-electron chi connectivity index (χ1n) is 15.1. The second kappa shape index (κ2) is 13.1. The lowest BCUT2D eigenvalue weighted by Crippen LogP contribution is -2.54. The zero-order valence-corrected chi connectivity index (χ0v) is 25.5. The summed E-state index contributed by atoms with van der Waals surface area (Å²) in [6, 6.07) is 0. The number of hydrogen-bond donors (Lipinski definition) is 0. The number of nitrogens with zero attached hydrogens (tertiary/aromatic N) is 2. The first-order valence-corrected chi connectivity index (χ1v) is 15.1. The van der Waals surface area contributed by atoms with Crippen molar-refractivity contribution in [2.75, 3.05) is 13.2 Å². The predicted molar refractivity (Wildman–Crippen MR) is 150 cm³/mol. The van der Waals surface area contributed by atoms with Gasteiger partial charge in [0.2, 0.25) is 0 Å². The van der Waals surface area contributed by atoms with Crippen LogP contribution < -0.4 is 0 Å². The van der Waals surface area contributed by atoms with Crippen molar-refractivity contribution in [3.8, 4) is 0 Å². The molecule has 4 heteroatoms. The van der Waals surface area contributed by atoms with E-state index in [2.05, 4.69) is 79.4 Å². The third kappa shape index (κ3) is 8.97. The lowest BCUT2D eigenvalue weighted by Gasteiger charge is -2.46. The van der Waals surface area contributed by atoms with Crippen LogP contribution in [-0.2, 0) is 9.68 Å². The molecule has 0 amide bonds. The topological polar surface area (TPSA) is 24.9 Å². The van der Waals surface area contributed by atoms with Crippen LogP contribution in [0.25, 0.3) is 0 Å². The summed E-state index contributed by atoms with van der Waals surface area (Å²) >= 11 is 0. The Morgan fingerprint density at radius 3 is 1.29 bits per heavy atom. The lowest BCUT2D eigenvalue weighted by molar-refractivity contribution is -0.265. The van der Waals surface area contributed by atoms with Gasteiger partial charge in [0.25, 0.3) is 0 Å². The molecule has 2 unspecified atom stereocenters. The van der Waals surface area contributed by atoms with E-state index >= 15 is 0 Å². The molecule has 2 aliphatic rings. The van der Waals surface area contributed by atoms with Gasteiger partial charge in [0.15, 0.2) is 0 Å². The largest absolute Gasteiger partial charge is 0.298 e. The summed E-state index contributed by atoms with van der Waals surface area (Å²) in [4.78, 5) is 12.8. The first-order chi connectivity index (χ1) is 16.2. The van der Waals surface area contributed by atoms with Crippen molar-refractivity contribution < 1.29 is 9.68 Å². The molecule has 2 saturated heterocycles. The summed E-state index contributed by atoms with van der Waals surface area (Å²) < 4.78 is 0. The molecule has 0 aromatic carbocycles. The van der Waals surface area contributed by atoms with Gasteiger partial charge in [0.1, 0.15) is 0 Å². The lowest BCUT2D eigenvalue weighted by atomic mass is 9.82. The van der Waals surface area contributed by atoms with Crippen LogP contribution in [0.2, 0.25) is 0 Å². The van der Waals surface area contributed by atoms with Gasteiger partial charge in [0.05, 0.1) is 13.2 Å². The molecule has 4 nitrogen and oxygen atoms in total. The van der Waals surface area contributed by atoms with Gasteiger partial charge in [-0.2, -0.15) is 10.1 Å². The van der Waals surface area contributed by atoms with Crippen molar-refractivity contribution >= 4 is 0 Å². The molecule has 0 saturated carbocycles. The van der Waals surface area contributed by atoms with Gasteiger partial charge in [-0.15, -0.1) is 0 Å². The van der Waals surface area contributed by atoms with E-state index in [0.29, 0.717) is 0 Å².